The minimum absolute atomic E-state index is 0.0764. The van der Waals surface area contributed by atoms with Crippen LogP contribution in [0.1, 0.15) is 25.5 Å². The van der Waals surface area contributed by atoms with Crippen molar-refractivity contribution in [2.45, 2.75) is 26.4 Å². The predicted octanol–water partition coefficient (Wildman–Crippen LogP) is 2.96. The minimum atomic E-state index is -2.93. The second-order valence-electron chi connectivity index (χ2n) is 4.55. The van der Waals surface area contributed by atoms with Gasteiger partial charge in [0, 0.05) is 11.8 Å². The van der Waals surface area contributed by atoms with Gasteiger partial charge in [-0.2, -0.15) is 8.78 Å². The number of pyridine rings is 2. The number of ether oxygens (including phenoxy) is 1. The lowest BCUT2D eigenvalue weighted by atomic mass is 10.1. The van der Waals surface area contributed by atoms with E-state index in [1.807, 2.05) is 13.8 Å². The Hall–Kier alpha value is -2.24. The van der Waals surface area contributed by atoms with E-state index >= 15 is 0 Å². The number of halogens is 2. The molecule has 0 amide bonds. The molecule has 0 N–H and O–H groups in total. The van der Waals surface area contributed by atoms with Gasteiger partial charge in [-0.15, -0.1) is 0 Å². The first kappa shape index (κ1) is 14.2. The summed E-state index contributed by atoms with van der Waals surface area (Å²) in [6.45, 7) is 1.08. The van der Waals surface area contributed by atoms with Crippen molar-refractivity contribution >= 4 is 0 Å². The molecule has 0 atom stereocenters. The fourth-order valence-electron chi connectivity index (χ4n) is 1.72. The van der Waals surface area contributed by atoms with E-state index in [0.717, 1.165) is 5.69 Å². The number of nitrogens with zero attached hydrogens (tertiary/aromatic N) is 2. The van der Waals surface area contributed by atoms with Crippen LogP contribution in [0, 0.1) is 0 Å². The number of rotatable bonds is 4. The van der Waals surface area contributed by atoms with Gasteiger partial charge in [-0.1, -0.05) is 13.8 Å². The standard InChI is InChI=1S/C14H14F2N2O2/c1-9(2)12-5-3-10(7-17-12)18-8-11(20-14(15)16)4-6-13(18)19/h3-9,14H,1-2H3. The molecule has 2 heterocycles. The molecule has 0 unspecified atom stereocenters. The molecule has 0 fully saturated rings. The smallest absolute Gasteiger partial charge is 0.387 e. The Balaban J connectivity index is 2.38. The molecular weight excluding hydrogens is 266 g/mol. The maximum absolute atomic E-state index is 12.2. The topological polar surface area (TPSA) is 44.1 Å². The number of aromatic nitrogens is 2. The van der Waals surface area contributed by atoms with Crippen LogP contribution in [0.25, 0.3) is 5.69 Å². The van der Waals surface area contributed by atoms with Crippen LogP contribution in [0.2, 0.25) is 0 Å². The fraction of sp³-hybridized carbons (Fsp3) is 0.286. The lowest BCUT2D eigenvalue weighted by molar-refractivity contribution is -0.0502. The van der Waals surface area contributed by atoms with Crippen LogP contribution in [-0.4, -0.2) is 16.2 Å². The van der Waals surface area contributed by atoms with Gasteiger partial charge in [-0.3, -0.25) is 14.3 Å². The lowest BCUT2D eigenvalue weighted by Gasteiger charge is -2.10. The van der Waals surface area contributed by atoms with Crippen molar-refractivity contribution in [3.63, 3.8) is 0 Å². The first-order valence-corrected chi connectivity index (χ1v) is 6.11. The average Bonchev–Trinajstić information content (AvgIpc) is 2.40. The molecule has 6 heteroatoms. The van der Waals surface area contributed by atoms with Crippen LogP contribution in [0.4, 0.5) is 8.78 Å². The fourth-order valence-corrected chi connectivity index (χ4v) is 1.72. The summed E-state index contributed by atoms with van der Waals surface area (Å²) in [6.07, 6.45) is 2.75. The summed E-state index contributed by atoms with van der Waals surface area (Å²) in [5.41, 5.74) is 1.05. The van der Waals surface area contributed by atoms with Crippen LogP contribution < -0.4 is 10.3 Å². The molecule has 0 saturated carbocycles. The van der Waals surface area contributed by atoms with Crippen molar-refractivity contribution < 1.29 is 13.5 Å². The van der Waals surface area contributed by atoms with E-state index in [2.05, 4.69) is 9.72 Å². The van der Waals surface area contributed by atoms with Gasteiger partial charge in [0.1, 0.15) is 5.75 Å². The largest absolute Gasteiger partial charge is 0.433 e. The molecule has 0 spiro atoms. The Morgan fingerprint density at radius 1 is 1.20 bits per heavy atom. The Morgan fingerprint density at radius 2 is 1.95 bits per heavy atom. The molecule has 2 rings (SSSR count). The lowest BCUT2D eigenvalue weighted by Crippen LogP contribution is -2.17. The van der Waals surface area contributed by atoms with Gasteiger partial charge in [0.15, 0.2) is 0 Å². The molecular formula is C14H14F2N2O2. The average molecular weight is 280 g/mol. The van der Waals surface area contributed by atoms with E-state index in [0.29, 0.717) is 5.69 Å². The van der Waals surface area contributed by atoms with Gasteiger partial charge >= 0.3 is 6.61 Å². The summed E-state index contributed by atoms with van der Waals surface area (Å²) in [7, 11) is 0. The van der Waals surface area contributed by atoms with Gasteiger partial charge < -0.3 is 4.74 Å². The third kappa shape index (κ3) is 3.20. The molecule has 2 aromatic rings. The molecule has 0 aliphatic carbocycles. The predicted molar refractivity (Wildman–Crippen MR) is 70.6 cm³/mol. The van der Waals surface area contributed by atoms with Crippen molar-refractivity contribution in [1.29, 1.82) is 0 Å². The van der Waals surface area contributed by atoms with Crippen LogP contribution in [0.5, 0.6) is 5.75 Å². The monoisotopic (exact) mass is 280 g/mol. The van der Waals surface area contributed by atoms with Gasteiger partial charge in [0.25, 0.3) is 5.56 Å². The molecule has 0 radical (unpaired) electrons. The van der Waals surface area contributed by atoms with Crippen LogP contribution >= 0.6 is 0 Å². The van der Waals surface area contributed by atoms with Crippen molar-refractivity contribution in [3.05, 3.63) is 52.7 Å². The summed E-state index contributed by atoms with van der Waals surface area (Å²) in [4.78, 5) is 16.0. The van der Waals surface area contributed by atoms with E-state index in [1.54, 1.807) is 12.1 Å². The van der Waals surface area contributed by atoms with Gasteiger partial charge in [0.05, 0.1) is 18.1 Å². The maximum Gasteiger partial charge on any atom is 0.387 e. The van der Waals surface area contributed by atoms with Gasteiger partial charge in [0.2, 0.25) is 0 Å². The highest BCUT2D eigenvalue weighted by Gasteiger charge is 2.08. The summed E-state index contributed by atoms with van der Waals surface area (Å²) >= 11 is 0. The molecule has 106 valence electrons. The van der Waals surface area contributed by atoms with Crippen molar-refractivity contribution in [2.75, 3.05) is 0 Å². The third-order valence-corrected chi connectivity index (χ3v) is 2.75. The summed E-state index contributed by atoms with van der Waals surface area (Å²) in [6, 6.07) is 5.90. The zero-order chi connectivity index (χ0) is 14.7. The Bertz CT molecular complexity index is 636. The molecule has 0 saturated heterocycles. The quantitative estimate of drug-likeness (QED) is 0.865. The molecule has 2 aromatic heterocycles. The van der Waals surface area contributed by atoms with E-state index in [1.165, 1.54) is 29.1 Å². The zero-order valence-corrected chi connectivity index (χ0v) is 11.1. The highest BCUT2D eigenvalue weighted by atomic mass is 19.3. The van der Waals surface area contributed by atoms with Crippen LogP contribution in [0.3, 0.4) is 0 Å². The zero-order valence-electron chi connectivity index (χ0n) is 11.1. The van der Waals surface area contributed by atoms with E-state index < -0.39 is 6.61 Å². The molecule has 0 aromatic carbocycles. The highest BCUT2D eigenvalue weighted by molar-refractivity contribution is 5.33. The van der Waals surface area contributed by atoms with E-state index in [9.17, 15) is 13.6 Å². The summed E-state index contributed by atoms with van der Waals surface area (Å²) < 4.78 is 29.8. The van der Waals surface area contributed by atoms with Crippen LogP contribution in [0.15, 0.2) is 41.5 Å². The van der Waals surface area contributed by atoms with E-state index in [-0.39, 0.29) is 17.2 Å². The maximum atomic E-state index is 12.2. The highest BCUT2D eigenvalue weighted by Crippen LogP contribution is 2.16. The first-order chi connectivity index (χ1) is 9.47. The van der Waals surface area contributed by atoms with Gasteiger partial charge in [-0.05, 0) is 24.1 Å². The third-order valence-electron chi connectivity index (χ3n) is 2.75. The summed E-state index contributed by atoms with van der Waals surface area (Å²) in [5, 5.41) is 0. The Kier molecular flexibility index (Phi) is 4.12. The van der Waals surface area contributed by atoms with Gasteiger partial charge in [-0.25, -0.2) is 0 Å². The summed E-state index contributed by atoms with van der Waals surface area (Å²) in [5.74, 6) is 0.196. The van der Waals surface area contributed by atoms with Crippen molar-refractivity contribution in [1.82, 2.24) is 9.55 Å². The molecule has 20 heavy (non-hydrogen) atoms. The number of hydrogen-bond donors (Lipinski definition) is 0. The van der Waals surface area contributed by atoms with Crippen molar-refractivity contribution in [2.24, 2.45) is 0 Å². The van der Waals surface area contributed by atoms with Crippen molar-refractivity contribution in [3.8, 4) is 11.4 Å². The minimum Gasteiger partial charge on any atom is -0.433 e. The number of hydrogen-bond acceptors (Lipinski definition) is 3. The molecule has 4 nitrogen and oxygen atoms in total. The molecule has 0 bridgehead atoms. The second-order valence-corrected chi connectivity index (χ2v) is 4.55. The first-order valence-electron chi connectivity index (χ1n) is 6.11. The molecule has 0 aliphatic rings. The van der Waals surface area contributed by atoms with E-state index in [4.69, 9.17) is 0 Å². The normalized spacial score (nSPS) is 11.1. The second kappa shape index (κ2) is 5.81. The van der Waals surface area contributed by atoms with Crippen LogP contribution in [-0.2, 0) is 0 Å². The molecule has 0 aliphatic heterocycles. The number of alkyl halides is 2. The SMILES string of the molecule is CC(C)c1ccc(-n2cc(OC(F)F)ccc2=O)cn1. The Morgan fingerprint density at radius 3 is 2.50 bits per heavy atom. The Labute approximate surface area is 114 Å².